The average molecular weight is 136 g/mol. The first kappa shape index (κ1) is 5.28. The summed E-state index contributed by atoms with van der Waals surface area (Å²) < 4.78 is 0. The summed E-state index contributed by atoms with van der Waals surface area (Å²) in [5.41, 5.74) is 2.31. The Labute approximate surface area is 56.5 Å². The van der Waals surface area contributed by atoms with Crippen LogP contribution in [0.3, 0.4) is 0 Å². The molecule has 0 aliphatic carbocycles. The van der Waals surface area contributed by atoms with Crippen molar-refractivity contribution in [3.63, 3.8) is 0 Å². The molecule has 2 aliphatic rings. The molecule has 0 spiro atoms. The van der Waals surface area contributed by atoms with Gasteiger partial charge in [-0.25, -0.2) is 5.43 Å². The summed E-state index contributed by atoms with van der Waals surface area (Å²) in [5.74, 6) is 0.00917. The molecule has 0 bridgehead atoms. The first-order chi connectivity index (χ1) is 4.88. The third-order valence-corrected chi connectivity index (χ3v) is 1.35. The van der Waals surface area contributed by atoms with Gasteiger partial charge in [0.05, 0.1) is 0 Å². The van der Waals surface area contributed by atoms with Gasteiger partial charge in [-0.3, -0.25) is 4.79 Å². The number of fused-ring (bicyclic) bond motifs is 1. The first-order valence-corrected chi connectivity index (χ1v) is 2.83. The van der Waals surface area contributed by atoms with Gasteiger partial charge in [0.1, 0.15) is 5.92 Å². The fourth-order valence-corrected chi connectivity index (χ4v) is 0.844. The summed E-state index contributed by atoms with van der Waals surface area (Å²) in [4.78, 5) is 10.8. The Bertz CT molecular complexity index is 265. The lowest BCUT2D eigenvalue weighted by atomic mass is 10.1. The molecule has 50 valence electrons. The Morgan fingerprint density at radius 1 is 1.60 bits per heavy atom. The number of amidine groups is 1. The maximum absolute atomic E-state index is 10.8. The third-order valence-electron chi connectivity index (χ3n) is 1.35. The number of carbonyl (C=O) groups excluding carboxylic acids is 1. The van der Waals surface area contributed by atoms with E-state index < -0.39 is 0 Å². The minimum Gasteiger partial charge on any atom is -0.272 e. The van der Waals surface area contributed by atoms with Gasteiger partial charge in [-0.15, -0.1) is 5.11 Å². The van der Waals surface area contributed by atoms with Crippen LogP contribution in [0.25, 0.3) is 0 Å². The Morgan fingerprint density at radius 2 is 2.50 bits per heavy atom. The molecule has 0 radical (unpaired) electrons. The number of carbonyl (C=O) groups is 1. The second kappa shape index (κ2) is 1.73. The standard InChI is InChI=1S/C5H4N4O/c10-5-3-1-2-6-7-4(3)8-9-5/h1-3H,(H,9,10). The number of rotatable bonds is 0. The Hall–Kier alpha value is -1.52. The fraction of sp³-hybridized carbons (Fsp3) is 0.200. The highest BCUT2D eigenvalue weighted by molar-refractivity contribution is 6.09. The Kier molecular flexibility index (Phi) is 0.913. The molecule has 0 saturated heterocycles. The highest BCUT2D eigenvalue weighted by Gasteiger charge is 2.28. The van der Waals surface area contributed by atoms with Crippen molar-refractivity contribution in [1.29, 1.82) is 0 Å². The number of amides is 1. The molecule has 0 aromatic carbocycles. The molecule has 2 rings (SSSR count). The molecule has 0 saturated carbocycles. The van der Waals surface area contributed by atoms with Gasteiger partial charge in [-0.1, -0.05) is 0 Å². The van der Waals surface area contributed by atoms with E-state index in [2.05, 4.69) is 20.8 Å². The predicted octanol–water partition coefficient (Wildman–Crippen LogP) is 0.0254. The van der Waals surface area contributed by atoms with Crippen LogP contribution in [0.15, 0.2) is 27.6 Å². The Morgan fingerprint density at radius 3 is 3.30 bits per heavy atom. The maximum Gasteiger partial charge on any atom is 0.254 e. The van der Waals surface area contributed by atoms with Crippen LogP contribution in [-0.4, -0.2) is 11.7 Å². The third kappa shape index (κ3) is 0.570. The molecular weight excluding hydrogens is 132 g/mol. The molecule has 2 heterocycles. The van der Waals surface area contributed by atoms with Gasteiger partial charge in [0.15, 0.2) is 5.84 Å². The summed E-state index contributed by atoms with van der Waals surface area (Å²) in [6.07, 6.45) is 3.16. The van der Waals surface area contributed by atoms with Crippen LogP contribution in [-0.2, 0) is 4.79 Å². The number of nitrogens with zero attached hydrogens (tertiary/aromatic N) is 3. The van der Waals surface area contributed by atoms with Crippen molar-refractivity contribution in [2.24, 2.45) is 21.2 Å². The second-order valence-electron chi connectivity index (χ2n) is 1.98. The second-order valence-corrected chi connectivity index (χ2v) is 1.98. The van der Waals surface area contributed by atoms with E-state index in [1.165, 1.54) is 6.20 Å². The minimum atomic E-state index is -0.308. The molecule has 10 heavy (non-hydrogen) atoms. The number of hydrogen-bond acceptors (Lipinski definition) is 4. The highest BCUT2D eigenvalue weighted by Crippen LogP contribution is 2.13. The largest absolute Gasteiger partial charge is 0.272 e. The van der Waals surface area contributed by atoms with E-state index in [0.29, 0.717) is 5.84 Å². The van der Waals surface area contributed by atoms with E-state index in [4.69, 9.17) is 0 Å². The van der Waals surface area contributed by atoms with E-state index >= 15 is 0 Å². The minimum absolute atomic E-state index is 0.134. The van der Waals surface area contributed by atoms with E-state index in [9.17, 15) is 4.79 Å². The van der Waals surface area contributed by atoms with Gasteiger partial charge >= 0.3 is 0 Å². The van der Waals surface area contributed by atoms with E-state index in [0.717, 1.165) is 0 Å². The first-order valence-electron chi connectivity index (χ1n) is 2.83. The topological polar surface area (TPSA) is 66.2 Å². The lowest BCUT2D eigenvalue weighted by Crippen LogP contribution is -2.21. The van der Waals surface area contributed by atoms with Gasteiger partial charge in [0.25, 0.3) is 5.91 Å². The molecule has 0 aromatic rings. The number of azo groups is 1. The quantitative estimate of drug-likeness (QED) is 0.501. The monoisotopic (exact) mass is 136 g/mol. The molecule has 1 N–H and O–H groups in total. The summed E-state index contributed by atoms with van der Waals surface area (Å²) in [5, 5.41) is 10.9. The van der Waals surface area contributed by atoms with Crippen molar-refractivity contribution in [3.05, 3.63) is 12.3 Å². The van der Waals surface area contributed by atoms with Crippen molar-refractivity contribution in [2.45, 2.75) is 0 Å². The fourth-order valence-electron chi connectivity index (χ4n) is 0.844. The smallest absolute Gasteiger partial charge is 0.254 e. The van der Waals surface area contributed by atoms with Gasteiger partial charge in [0.2, 0.25) is 0 Å². The van der Waals surface area contributed by atoms with Gasteiger partial charge in [-0.2, -0.15) is 10.2 Å². The molecule has 2 aliphatic heterocycles. The summed E-state index contributed by atoms with van der Waals surface area (Å²) in [7, 11) is 0. The van der Waals surface area contributed by atoms with E-state index in [1.807, 2.05) is 0 Å². The van der Waals surface area contributed by atoms with E-state index in [1.54, 1.807) is 6.08 Å². The summed E-state index contributed by atoms with van der Waals surface area (Å²) >= 11 is 0. The zero-order valence-corrected chi connectivity index (χ0v) is 4.98. The van der Waals surface area contributed by atoms with Gasteiger partial charge < -0.3 is 0 Å². The SMILES string of the molecule is O=C1NN=C2N=NC=CC12. The molecule has 5 heteroatoms. The average Bonchev–Trinajstić information content (AvgIpc) is 2.34. The van der Waals surface area contributed by atoms with Crippen LogP contribution in [0, 0.1) is 5.92 Å². The van der Waals surface area contributed by atoms with Crippen LogP contribution in [0.1, 0.15) is 0 Å². The zero-order valence-electron chi connectivity index (χ0n) is 4.98. The van der Waals surface area contributed by atoms with Crippen LogP contribution >= 0.6 is 0 Å². The van der Waals surface area contributed by atoms with E-state index in [-0.39, 0.29) is 11.8 Å². The van der Waals surface area contributed by atoms with Crippen molar-refractivity contribution in [2.75, 3.05) is 0 Å². The molecule has 5 nitrogen and oxygen atoms in total. The van der Waals surface area contributed by atoms with Gasteiger partial charge in [-0.05, 0) is 6.08 Å². The van der Waals surface area contributed by atoms with Crippen molar-refractivity contribution < 1.29 is 4.79 Å². The predicted molar refractivity (Wildman–Crippen MR) is 33.1 cm³/mol. The number of nitrogens with one attached hydrogen (secondary N) is 1. The van der Waals surface area contributed by atoms with Crippen LogP contribution in [0.5, 0.6) is 0 Å². The molecule has 1 atom stereocenters. The zero-order chi connectivity index (χ0) is 6.97. The van der Waals surface area contributed by atoms with Crippen molar-refractivity contribution in [1.82, 2.24) is 5.43 Å². The molecule has 0 fully saturated rings. The summed E-state index contributed by atoms with van der Waals surface area (Å²) in [6, 6.07) is 0. The van der Waals surface area contributed by atoms with Crippen molar-refractivity contribution in [3.8, 4) is 0 Å². The number of hydrogen-bond donors (Lipinski definition) is 1. The number of hydrazone groups is 1. The lowest BCUT2D eigenvalue weighted by molar-refractivity contribution is -0.121. The molecule has 0 aromatic heterocycles. The summed E-state index contributed by atoms with van der Waals surface area (Å²) in [6.45, 7) is 0. The van der Waals surface area contributed by atoms with Crippen LogP contribution < -0.4 is 5.43 Å². The maximum atomic E-state index is 10.8. The van der Waals surface area contributed by atoms with Crippen LogP contribution in [0.4, 0.5) is 0 Å². The Balaban J connectivity index is 2.39. The van der Waals surface area contributed by atoms with Crippen LogP contribution in [0.2, 0.25) is 0 Å². The molecular formula is C5H4N4O. The normalized spacial score (nSPS) is 27.8. The highest BCUT2D eigenvalue weighted by atomic mass is 16.2. The lowest BCUT2D eigenvalue weighted by Gasteiger charge is -2.00. The van der Waals surface area contributed by atoms with Crippen molar-refractivity contribution >= 4 is 11.7 Å². The van der Waals surface area contributed by atoms with Gasteiger partial charge in [0, 0.05) is 6.20 Å². The molecule has 1 amide bonds. The molecule has 1 unspecified atom stereocenters.